The summed E-state index contributed by atoms with van der Waals surface area (Å²) in [4.78, 5) is 20.4. The fraction of sp³-hybridized carbons (Fsp3) is 0.435. The molecule has 33 heavy (non-hydrogen) atoms. The van der Waals surface area contributed by atoms with Crippen molar-refractivity contribution in [1.82, 2.24) is 14.5 Å². The molecule has 1 amide bonds. The molecular formula is C23H29N5O4S. The molecule has 1 aliphatic rings. The number of nitrogens with zero attached hydrogens (tertiary/aromatic N) is 3. The Labute approximate surface area is 193 Å². The van der Waals surface area contributed by atoms with E-state index in [0.29, 0.717) is 24.7 Å². The molecule has 0 bridgehead atoms. The molecule has 0 atom stereocenters. The van der Waals surface area contributed by atoms with Crippen LogP contribution in [-0.4, -0.2) is 53.5 Å². The van der Waals surface area contributed by atoms with Crippen LogP contribution in [0.2, 0.25) is 0 Å². The van der Waals surface area contributed by atoms with Crippen LogP contribution in [0.5, 0.6) is 5.75 Å². The topological polar surface area (TPSA) is 129 Å². The average molecular weight is 472 g/mol. The molecule has 0 aliphatic heterocycles. The molecule has 1 saturated carbocycles. The van der Waals surface area contributed by atoms with Crippen molar-refractivity contribution in [3.63, 3.8) is 0 Å². The van der Waals surface area contributed by atoms with Gasteiger partial charge in [0, 0.05) is 36.0 Å². The minimum atomic E-state index is -3.00. The Morgan fingerprint density at radius 3 is 2.73 bits per heavy atom. The van der Waals surface area contributed by atoms with Gasteiger partial charge in [-0.25, -0.2) is 13.4 Å². The molecule has 0 saturated heterocycles. The summed E-state index contributed by atoms with van der Waals surface area (Å²) in [5.41, 5.74) is 6.36. The Hall–Kier alpha value is -3.14. The SMILES string of the molecule is CS(=O)(=O)CCCOc1cccc2c1ccn2-c1ccnc(N[C@H]2CC[C@H](C(N)=O)CC2)n1. The smallest absolute Gasteiger partial charge is 0.224 e. The van der Waals surface area contributed by atoms with Gasteiger partial charge >= 0.3 is 0 Å². The summed E-state index contributed by atoms with van der Waals surface area (Å²) in [6, 6.07) is 9.78. The summed E-state index contributed by atoms with van der Waals surface area (Å²) < 4.78 is 30.5. The van der Waals surface area contributed by atoms with Gasteiger partial charge in [0.05, 0.1) is 17.9 Å². The Morgan fingerprint density at radius 2 is 2.00 bits per heavy atom. The van der Waals surface area contributed by atoms with Crippen molar-refractivity contribution in [3.05, 3.63) is 42.7 Å². The quantitative estimate of drug-likeness (QED) is 0.459. The molecule has 10 heteroatoms. The number of sulfone groups is 1. The van der Waals surface area contributed by atoms with E-state index >= 15 is 0 Å². The number of ether oxygens (including phenoxy) is 1. The highest BCUT2D eigenvalue weighted by Crippen LogP contribution is 2.29. The van der Waals surface area contributed by atoms with Gasteiger partial charge in [0.25, 0.3) is 0 Å². The number of amides is 1. The number of primary amides is 1. The molecule has 1 fully saturated rings. The normalized spacial score (nSPS) is 18.8. The van der Waals surface area contributed by atoms with E-state index in [0.717, 1.165) is 42.4 Å². The van der Waals surface area contributed by atoms with Crippen LogP contribution in [-0.2, 0) is 14.6 Å². The second-order valence-corrected chi connectivity index (χ2v) is 10.8. The van der Waals surface area contributed by atoms with Crippen LogP contribution in [0.1, 0.15) is 32.1 Å². The number of nitrogens with one attached hydrogen (secondary N) is 1. The van der Waals surface area contributed by atoms with Gasteiger partial charge in [0.15, 0.2) is 0 Å². The van der Waals surface area contributed by atoms with Crippen molar-refractivity contribution >= 4 is 32.6 Å². The third-order valence-corrected chi connectivity index (χ3v) is 6.99. The van der Waals surface area contributed by atoms with Crippen molar-refractivity contribution in [1.29, 1.82) is 0 Å². The zero-order valence-electron chi connectivity index (χ0n) is 18.6. The number of hydrogen-bond acceptors (Lipinski definition) is 7. The molecule has 0 spiro atoms. The number of rotatable bonds is 9. The van der Waals surface area contributed by atoms with Crippen LogP contribution in [0.25, 0.3) is 16.7 Å². The van der Waals surface area contributed by atoms with Crippen molar-refractivity contribution in [2.75, 3.05) is 23.9 Å². The van der Waals surface area contributed by atoms with Crippen LogP contribution in [0.4, 0.5) is 5.95 Å². The van der Waals surface area contributed by atoms with E-state index in [1.165, 1.54) is 6.26 Å². The van der Waals surface area contributed by atoms with Gasteiger partial charge in [-0.2, -0.15) is 4.98 Å². The molecule has 2 heterocycles. The van der Waals surface area contributed by atoms with Gasteiger partial charge in [-0.05, 0) is 56.4 Å². The molecule has 0 unspecified atom stereocenters. The fourth-order valence-corrected chi connectivity index (χ4v) is 4.87. The minimum absolute atomic E-state index is 0.0377. The summed E-state index contributed by atoms with van der Waals surface area (Å²) in [6.45, 7) is 0.330. The molecule has 3 aromatic rings. The maximum absolute atomic E-state index is 11.4. The van der Waals surface area contributed by atoms with Crippen LogP contribution >= 0.6 is 0 Å². The standard InChI is InChI=1S/C23H29N5O4S/c1-33(30,31)15-3-14-32-20-5-2-4-19-18(20)11-13-28(19)21-10-12-25-23(27-21)26-17-8-6-16(7-9-17)22(24)29/h2,4-5,10-13,16-17H,3,6-9,14-15H2,1H3,(H2,24,29)(H,25,26,27)/t16-,17-. The van der Waals surface area contributed by atoms with Crippen molar-refractivity contribution < 1.29 is 17.9 Å². The lowest BCUT2D eigenvalue weighted by molar-refractivity contribution is -0.122. The Kier molecular flexibility index (Phi) is 6.83. The second-order valence-electron chi connectivity index (χ2n) is 8.54. The van der Waals surface area contributed by atoms with Crippen molar-refractivity contribution in [2.24, 2.45) is 11.7 Å². The largest absolute Gasteiger partial charge is 0.493 e. The number of aromatic nitrogens is 3. The van der Waals surface area contributed by atoms with Gasteiger partial charge < -0.3 is 20.4 Å². The van der Waals surface area contributed by atoms with Crippen LogP contribution < -0.4 is 15.8 Å². The molecule has 176 valence electrons. The number of carbonyl (C=O) groups excluding carboxylic acids is 1. The molecule has 0 radical (unpaired) electrons. The lowest BCUT2D eigenvalue weighted by atomic mass is 9.86. The maximum atomic E-state index is 11.4. The fourth-order valence-electron chi connectivity index (χ4n) is 4.23. The highest BCUT2D eigenvalue weighted by molar-refractivity contribution is 7.90. The number of benzene rings is 1. The highest BCUT2D eigenvalue weighted by atomic mass is 32.2. The first-order valence-corrected chi connectivity index (χ1v) is 13.2. The molecule has 4 rings (SSSR count). The van der Waals surface area contributed by atoms with Gasteiger partial charge in [0.1, 0.15) is 21.4 Å². The summed E-state index contributed by atoms with van der Waals surface area (Å²) in [6.07, 6.45) is 8.59. The minimum Gasteiger partial charge on any atom is -0.493 e. The zero-order chi connectivity index (χ0) is 23.4. The number of fused-ring (bicyclic) bond motifs is 1. The number of anilines is 1. The maximum Gasteiger partial charge on any atom is 0.224 e. The monoisotopic (exact) mass is 471 g/mol. The van der Waals surface area contributed by atoms with Crippen molar-refractivity contribution in [2.45, 2.75) is 38.1 Å². The average Bonchev–Trinajstić information content (AvgIpc) is 3.22. The third-order valence-electron chi connectivity index (χ3n) is 5.96. The van der Waals surface area contributed by atoms with E-state index in [4.69, 9.17) is 10.5 Å². The first-order valence-electron chi connectivity index (χ1n) is 11.1. The van der Waals surface area contributed by atoms with E-state index < -0.39 is 9.84 Å². The molecule has 1 aromatic carbocycles. The molecular weight excluding hydrogens is 442 g/mol. The van der Waals surface area contributed by atoms with Crippen LogP contribution in [0.15, 0.2) is 42.7 Å². The highest BCUT2D eigenvalue weighted by Gasteiger charge is 2.25. The van der Waals surface area contributed by atoms with Gasteiger partial charge in [-0.1, -0.05) is 6.07 Å². The van der Waals surface area contributed by atoms with E-state index in [-0.39, 0.29) is 23.6 Å². The molecule has 2 aromatic heterocycles. The summed E-state index contributed by atoms with van der Waals surface area (Å²) in [5.74, 6) is 1.82. The van der Waals surface area contributed by atoms with E-state index in [9.17, 15) is 13.2 Å². The molecule has 3 N–H and O–H groups in total. The predicted octanol–water partition coefficient (Wildman–Crippen LogP) is 2.69. The van der Waals surface area contributed by atoms with Gasteiger partial charge in [-0.15, -0.1) is 0 Å². The predicted molar refractivity (Wildman–Crippen MR) is 127 cm³/mol. The number of nitrogens with two attached hydrogens (primary N) is 1. The zero-order valence-corrected chi connectivity index (χ0v) is 19.4. The Bertz CT molecular complexity index is 1230. The lowest BCUT2D eigenvalue weighted by Gasteiger charge is -2.27. The summed E-state index contributed by atoms with van der Waals surface area (Å²) >= 11 is 0. The van der Waals surface area contributed by atoms with Crippen LogP contribution in [0.3, 0.4) is 0 Å². The summed E-state index contributed by atoms with van der Waals surface area (Å²) in [5, 5.41) is 4.31. The second kappa shape index (κ2) is 9.78. The Morgan fingerprint density at radius 1 is 1.21 bits per heavy atom. The summed E-state index contributed by atoms with van der Waals surface area (Å²) in [7, 11) is -3.00. The Balaban J connectivity index is 1.46. The van der Waals surface area contributed by atoms with Crippen molar-refractivity contribution in [3.8, 4) is 11.6 Å². The van der Waals surface area contributed by atoms with Gasteiger partial charge in [0.2, 0.25) is 11.9 Å². The lowest BCUT2D eigenvalue weighted by Crippen LogP contribution is -2.32. The van der Waals surface area contributed by atoms with E-state index in [1.807, 2.05) is 41.1 Å². The molecule has 9 nitrogen and oxygen atoms in total. The number of carbonyl (C=O) groups is 1. The van der Waals surface area contributed by atoms with E-state index in [1.54, 1.807) is 6.20 Å². The third kappa shape index (κ3) is 5.81. The first-order chi connectivity index (χ1) is 15.8. The van der Waals surface area contributed by atoms with E-state index in [2.05, 4.69) is 15.3 Å². The first kappa shape index (κ1) is 23.0. The van der Waals surface area contributed by atoms with Gasteiger partial charge in [-0.3, -0.25) is 4.79 Å². The molecule has 1 aliphatic carbocycles. The number of hydrogen-bond donors (Lipinski definition) is 2. The van der Waals surface area contributed by atoms with Crippen LogP contribution in [0, 0.1) is 5.92 Å².